The summed E-state index contributed by atoms with van der Waals surface area (Å²) in [5, 5.41) is 4.82. The van der Waals surface area contributed by atoms with Crippen LogP contribution in [0.2, 0.25) is 0 Å². The van der Waals surface area contributed by atoms with Gasteiger partial charge in [0.2, 0.25) is 0 Å². The van der Waals surface area contributed by atoms with E-state index in [1.54, 1.807) is 42.6 Å². The predicted molar refractivity (Wildman–Crippen MR) is 86.6 cm³/mol. The first-order chi connectivity index (χ1) is 11.0. The highest BCUT2D eigenvalue weighted by molar-refractivity contribution is 7.09. The van der Waals surface area contributed by atoms with Crippen molar-refractivity contribution in [2.24, 2.45) is 0 Å². The van der Waals surface area contributed by atoms with Crippen LogP contribution in [0, 0.1) is 18.6 Å². The third-order valence-corrected chi connectivity index (χ3v) is 4.00. The van der Waals surface area contributed by atoms with E-state index in [1.165, 1.54) is 17.4 Å². The molecule has 0 aliphatic rings. The number of carbonyl (C=O) groups excluding carboxylic acids is 1. The number of nitrogens with one attached hydrogen (secondary N) is 1. The fraction of sp³-hybridized carbons (Fsp3) is 0.0588. The van der Waals surface area contributed by atoms with Gasteiger partial charge in [0.05, 0.1) is 10.7 Å². The van der Waals surface area contributed by atoms with Crippen LogP contribution >= 0.6 is 11.3 Å². The Hall–Kier alpha value is -2.60. The second-order valence-electron chi connectivity index (χ2n) is 4.88. The molecule has 0 spiro atoms. The number of anilines is 1. The molecule has 0 saturated carbocycles. The number of nitrogens with zero attached hydrogens (tertiary/aromatic N) is 1. The maximum atomic E-state index is 14.2. The van der Waals surface area contributed by atoms with Gasteiger partial charge in [0, 0.05) is 17.0 Å². The summed E-state index contributed by atoms with van der Waals surface area (Å²) >= 11 is 1.32. The minimum Gasteiger partial charge on any atom is -0.318 e. The highest BCUT2D eigenvalue weighted by atomic mass is 32.1. The van der Waals surface area contributed by atoms with E-state index in [0.717, 1.165) is 11.1 Å². The van der Waals surface area contributed by atoms with Gasteiger partial charge in [-0.1, -0.05) is 30.3 Å². The molecule has 0 aliphatic carbocycles. The van der Waals surface area contributed by atoms with Gasteiger partial charge in [-0.3, -0.25) is 4.79 Å². The minimum absolute atomic E-state index is 0.0618. The van der Waals surface area contributed by atoms with E-state index < -0.39 is 17.5 Å². The van der Waals surface area contributed by atoms with Crippen LogP contribution in [-0.4, -0.2) is 10.9 Å². The number of thiazole rings is 1. The van der Waals surface area contributed by atoms with Crippen molar-refractivity contribution < 1.29 is 13.6 Å². The van der Waals surface area contributed by atoms with Crippen LogP contribution in [0.3, 0.4) is 0 Å². The third-order valence-electron chi connectivity index (χ3n) is 3.23. The number of aromatic nitrogens is 1. The van der Waals surface area contributed by atoms with E-state index in [9.17, 15) is 13.6 Å². The number of benzene rings is 2. The normalized spacial score (nSPS) is 10.6. The lowest BCUT2D eigenvalue weighted by atomic mass is 10.0. The van der Waals surface area contributed by atoms with Crippen molar-refractivity contribution in [1.29, 1.82) is 0 Å². The van der Waals surface area contributed by atoms with Crippen molar-refractivity contribution in [3.63, 3.8) is 0 Å². The molecule has 0 fully saturated rings. The van der Waals surface area contributed by atoms with Crippen molar-refractivity contribution in [2.75, 3.05) is 5.32 Å². The van der Waals surface area contributed by atoms with Crippen molar-refractivity contribution in [3.8, 4) is 11.1 Å². The van der Waals surface area contributed by atoms with E-state index in [2.05, 4.69) is 10.3 Å². The van der Waals surface area contributed by atoms with Crippen molar-refractivity contribution >= 4 is 22.9 Å². The Morgan fingerprint density at radius 1 is 1.17 bits per heavy atom. The highest BCUT2D eigenvalue weighted by Crippen LogP contribution is 2.31. The lowest BCUT2D eigenvalue weighted by molar-refractivity contribution is 0.102. The molecule has 3 aromatic rings. The molecule has 1 aromatic heterocycles. The SMILES string of the molecule is Cc1nc(C(=O)Nc2c(F)cc(F)cc2-c2ccccc2)cs1. The smallest absolute Gasteiger partial charge is 0.275 e. The van der Waals surface area contributed by atoms with Gasteiger partial charge in [0.25, 0.3) is 5.91 Å². The van der Waals surface area contributed by atoms with Crippen molar-refractivity contribution in [2.45, 2.75) is 6.92 Å². The fourth-order valence-corrected chi connectivity index (χ4v) is 2.78. The average molecular weight is 330 g/mol. The molecule has 1 amide bonds. The van der Waals surface area contributed by atoms with Gasteiger partial charge in [0.1, 0.15) is 17.3 Å². The first-order valence-electron chi connectivity index (χ1n) is 6.82. The molecule has 0 saturated heterocycles. The zero-order valence-electron chi connectivity index (χ0n) is 12.1. The third kappa shape index (κ3) is 3.27. The molecule has 0 atom stereocenters. The molecule has 1 heterocycles. The lowest BCUT2D eigenvalue weighted by Crippen LogP contribution is -2.14. The van der Waals surface area contributed by atoms with Crippen LogP contribution < -0.4 is 5.32 Å². The van der Waals surface area contributed by atoms with E-state index >= 15 is 0 Å². The highest BCUT2D eigenvalue weighted by Gasteiger charge is 2.17. The standard InChI is InChI=1S/C17H12F2N2OS/c1-10-20-15(9-23-10)17(22)21-16-13(7-12(18)8-14(16)19)11-5-3-2-4-6-11/h2-9H,1H3,(H,21,22). The molecule has 1 N–H and O–H groups in total. The van der Waals surface area contributed by atoms with E-state index in [-0.39, 0.29) is 16.9 Å². The molecule has 116 valence electrons. The Kier molecular flexibility index (Phi) is 4.16. The summed E-state index contributed by atoms with van der Waals surface area (Å²) in [6.45, 7) is 1.77. The molecule has 3 nitrogen and oxygen atoms in total. The van der Waals surface area contributed by atoms with E-state index in [4.69, 9.17) is 0 Å². The fourth-order valence-electron chi connectivity index (χ4n) is 2.19. The molecule has 3 rings (SSSR count). The topological polar surface area (TPSA) is 42.0 Å². The first kappa shape index (κ1) is 15.3. The molecular weight excluding hydrogens is 318 g/mol. The van der Waals surface area contributed by atoms with Gasteiger partial charge in [-0.15, -0.1) is 11.3 Å². The number of halogens is 2. The molecule has 0 radical (unpaired) electrons. The van der Waals surface area contributed by atoms with Gasteiger partial charge < -0.3 is 5.32 Å². The summed E-state index contributed by atoms with van der Waals surface area (Å²) in [4.78, 5) is 16.3. The van der Waals surface area contributed by atoms with Gasteiger partial charge in [-0.05, 0) is 18.6 Å². The second kappa shape index (κ2) is 6.26. The second-order valence-corrected chi connectivity index (χ2v) is 5.94. The Morgan fingerprint density at radius 3 is 2.57 bits per heavy atom. The lowest BCUT2D eigenvalue weighted by Gasteiger charge is -2.12. The average Bonchev–Trinajstić information content (AvgIpc) is 2.97. The van der Waals surface area contributed by atoms with Crippen molar-refractivity contribution in [3.05, 3.63) is 70.2 Å². The molecular formula is C17H12F2N2OS. The van der Waals surface area contributed by atoms with Crippen LogP contribution in [0.25, 0.3) is 11.1 Å². The maximum Gasteiger partial charge on any atom is 0.275 e. The monoisotopic (exact) mass is 330 g/mol. The van der Waals surface area contributed by atoms with Gasteiger partial charge >= 0.3 is 0 Å². The quantitative estimate of drug-likeness (QED) is 0.759. The summed E-state index contributed by atoms with van der Waals surface area (Å²) in [5.74, 6) is -2.06. The zero-order chi connectivity index (χ0) is 16.4. The Labute approximate surface area is 135 Å². The molecule has 2 aromatic carbocycles. The number of hydrogen-bond donors (Lipinski definition) is 1. The molecule has 0 unspecified atom stereocenters. The molecule has 0 aliphatic heterocycles. The van der Waals surface area contributed by atoms with Crippen LogP contribution in [0.1, 0.15) is 15.5 Å². The molecule has 0 bridgehead atoms. The van der Waals surface area contributed by atoms with Gasteiger partial charge in [-0.2, -0.15) is 0 Å². The predicted octanol–water partition coefficient (Wildman–Crippen LogP) is 4.65. The van der Waals surface area contributed by atoms with Crippen molar-refractivity contribution in [1.82, 2.24) is 4.98 Å². The van der Waals surface area contributed by atoms with Crippen LogP contribution in [0.4, 0.5) is 14.5 Å². The molecule has 6 heteroatoms. The number of rotatable bonds is 3. The number of aryl methyl sites for hydroxylation is 1. The summed E-state index contributed by atoms with van der Waals surface area (Å²) in [5.41, 5.74) is 1.03. The van der Waals surface area contributed by atoms with E-state index in [0.29, 0.717) is 5.56 Å². The Morgan fingerprint density at radius 2 is 1.91 bits per heavy atom. The van der Waals surface area contributed by atoms with E-state index in [1.807, 2.05) is 0 Å². The Balaban J connectivity index is 2.03. The summed E-state index contributed by atoms with van der Waals surface area (Å²) in [6.07, 6.45) is 0. The minimum atomic E-state index is -0.829. The maximum absolute atomic E-state index is 14.2. The summed E-state index contributed by atoms with van der Waals surface area (Å²) < 4.78 is 27.8. The van der Waals surface area contributed by atoms with Crippen LogP contribution in [0.5, 0.6) is 0 Å². The Bertz CT molecular complexity index is 862. The number of hydrogen-bond acceptors (Lipinski definition) is 3. The number of amides is 1. The number of carbonyl (C=O) groups is 1. The van der Waals surface area contributed by atoms with Gasteiger partial charge in [-0.25, -0.2) is 13.8 Å². The summed E-state index contributed by atoms with van der Waals surface area (Å²) in [6, 6.07) is 10.7. The van der Waals surface area contributed by atoms with Crippen LogP contribution in [0.15, 0.2) is 47.8 Å². The first-order valence-corrected chi connectivity index (χ1v) is 7.70. The molecule has 23 heavy (non-hydrogen) atoms. The largest absolute Gasteiger partial charge is 0.318 e. The van der Waals surface area contributed by atoms with Gasteiger partial charge in [0.15, 0.2) is 0 Å². The van der Waals surface area contributed by atoms with Crippen LogP contribution in [-0.2, 0) is 0 Å². The summed E-state index contributed by atoms with van der Waals surface area (Å²) in [7, 11) is 0. The zero-order valence-corrected chi connectivity index (χ0v) is 13.0.